The van der Waals surface area contributed by atoms with E-state index >= 15 is 0 Å². The maximum Gasteiger partial charge on any atom is 0.328 e. The molecule has 0 aliphatic heterocycles. The van der Waals surface area contributed by atoms with Crippen LogP contribution in [0.2, 0.25) is 0 Å². The van der Waals surface area contributed by atoms with Crippen LogP contribution in [0.5, 0.6) is 0 Å². The zero-order chi connectivity index (χ0) is 14.7. The molecule has 0 saturated heterocycles. The molecule has 0 aromatic carbocycles. The lowest BCUT2D eigenvalue weighted by atomic mass is 10.3. The van der Waals surface area contributed by atoms with Gasteiger partial charge in [0.1, 0.15) is 0 Å². The van der Waals surface area contributed by atoms with E-state index in [-0.39, 0.29) is 16.7 Å². The van der Waals surface area contributed by atoms with Gasteiger partial charge in [0.25, 0.3) is 5.91 Å². The Morgan fingerprint density at radius 1 is 1.35 bits per heavy atom. The molecule has 1 unspecified atom stereocenters. The third-order valence-corrected chi connectivity index (χ3v) is 3.81. The van der Waals surface area contributed by atoms with Crippen LogP contribution in [-0.4, -0.2) is 40.6 Å². The molecule has 20 heavy (non-hydrogen) atoms. The van der Waals surface area contributed by atoms with Crippen molar-refractivity contribution in [3.63, 3.8) is 0 Å². The number of hydrogen-bond donors (Lipinski definition) is 4. The Labute approximate surface area is 118 Å². The third kappa shape index (κ3) is 3.55. The molecule has 1 saturated carbocycles. The Bertz CT molecular complexity index is 538. The first-order chi connectivity index (χ1) is 9.51. The van der Waals surface area contributed by atoms with Gasteiger partial charge in [0.15, 0.2) is 6.04 Å². The normalized spacial score (nSPS) is 15.4. The molecule has 2 amide bonds. The predicted octanol–water partition coefficient (Wildman–Crippen LogP) is 0.272. The van der Waals surface area contributed by atoms with Gasteiger partial charge < -0.3 is 20.8 Å². The summed E-state index contributed by atoms with van der Waals surface area (Å²) < 4.78 is 0. The topological polar surface area (TPSA) is 116 Å². The van der Waals surface area contributed by atoms with Gasteiger partial charge in [-0.2, -0.15) is 0 Å². The highest BCUT2D eigenvalue weighted by Crippen LogP contribution is 2.31. The van der Waals surface area contributed by atoms with Gasteiger partial charge in [0.2, 0.25) is 5.91 Å². The van der Waals surface area contributed by atoms with Gasteiger partial charge in [0, 0.05) is 5.92 Å². The van der Waals surface area contributed by atoms with Crippen LogP contribution >= 0.6 is 11.3 Å². The van der Waals surface area contributed by atoms with Crippen LogP contribution in [-0.2, 0) is 9.59 Å². The van der Waals surface area contributed by atoms with Gasteiger partial charge in [-0.05, 0) is 25.0 Å². The molecular weight excluding hydrogens is 284 g/mol. The summed E-state index contributed by atoms with van der Waals surface area (Å²) >= 11 is 1.06. The molecule has 0 radical (unpaired) electrons. The van der Waals surface area contributed by atoms with Crippen LogP contribution in [0, 0.1) is 5.92 Å². The van der Waals surface area contributed by atoms with Gasteiger partial charge >= 0.3 is 5.97 Å². The maximum absolute atomic E-state index is 11.8. The Kier molecular flexibility index (Phi) is 4.35. The van der Waals surface area contributed by atoms with Gasteiger partial charge in [-0.15, -0.1) is 11.3 Å². The molecule has 1 heterocycles. The summed E-state index contributed by atoms with van der Waals surface area (Å²) in [6, 6.07) is 1.75. The fraction of sp³-hybridized carbons (Fsp3) is 0.417. The predicted molar refractivity (Wildman–Crippen MR) is 71.6 cm³/mol. The number of hydrogen-bond acceptors (Lipinski definition) is 5. The zero-order valence-corrected chi connectivity index (χ0v) is 11.3. The van der Waals surface area contributed by atoms with E-state index in [1.54, 1.807) is 6.07 Å². The number of aliphatic hydroxyl groups excluding tert-OH is 1. The van der Waals surface area contributed by atoms with Crippen LogP contribution in [0.4, 0.5) is 5.00 Å². The molecule has 4 N–H and O–H groups in total. The van der Waals surface area contributed by atoms with Crippen molar-refractivity contribution >= 4 is 34.1 Å². The lowest BCUT2D eigenvalue weighted by Gasteiger charge is -2.10. The standard InChI is InChI=1S/C12H14N2O5S/c15-5-7(12(18)19)13-11(17)8-3-4-9(20-8)14-10(16)6-1-2-6/h3-4,6-7,15H,1-2,5H2,(H,13,17)(H,14,16)(H,18,19). The average molecular weight is 298 g/mol. The smallest absolute Gasteiger partial charge is 0.328 e. The van der Waals surface area contributed by atoms with E-state index in [0.717, 1.165) is 24.2 Å². The van der Waals surface area contributed by atoms with Crippen molar-refractivity contribution in [3.8, 4) is 0 Å². The number of nitrogens with one attached hydrogen (secondary N) is 2. The van der Waals surface area contributed by atoms with Crippen molar-refractivity contribution in [2.45, 2.75) is 18.9 Å². The van der Waals surface area contributed by atoms with Crippen LogP contribution in [0.1, 0.15) is 22.5 Å². The van der Waals surface area contributed by atoms with Crippen LogP contribution in [0.3, 0.4) is 0 Å². The number of thiophene rings is 1. The summed E-state index contributed by atoms with van der Waals surface area (Å²) in [5.41, 5.74) is 0. The quantitative estimate of drug-likeness (QED) is 0.601. The fourth-order valence-corrected chi connectivity index (χ4v) is 2.32. The summed E-state index contributed by atoms with van der Waals surface area (Å²) in [7, 11) is 0. The van der Waals surface area contributed by atoms with Crippen molar-refractivity contribution in [3.05, 3.63) is 17.0 Å². The molecule has 0 spiro atoms. The molecule has 0 bridgehead atoms. The first-order valence-electron chi connectivity index (χ1n) is 6.06. The van der Waals surface area contributed by atoms with E-state index in [1.165, 1.54) is 6.07 Å². The SMILES string of the molecule is O=C(NC(CO)C(=O)O)c1ccc(NC(=O)C2CC2)s1. The fourth-order valence-electron chi connectivity index (χ4n) is 1.51. The zero-order valence-electron chi connectivity index (χ0n) is 10.5. The molecule has 1 fully saturated rings. The number of anilines is 1. The van der Waals surface area contributed by atoms with Crippen molar-refractivity contribution in [1.29, 1.82) is 0 Å². The Hall–Kier alpha value is -1.93. The molecule has 1 aromatic rings. The second-order valence-corrected chi connectivity index (χ2v) is 5.56. The number of carboxylic acids is 1. The monoisotopic (exact) mass is 298 g/mol. The molecule has 108 valence electrons. The van der Waals surface area contributed by atoms with E-state index in [2.05, 4.69) is 10.6 Å². The van der Waals surface area contributed by atoms with Crippen molar-refractivity contribution in [1.82, 2.24) is 5.32 Å². The Morgan fingerprint density at radius 2 is 2.05 bits per heavy atom. The second-order valence-electron chi connectivity index (χ2n) is 4.47. The highest BCUT2D eigenvalue weighted by atomic mass is 32.1. The van der Waals surface area contributed by atoms with E-state index in [9.17, 15) is 14.4 Å². The van der Waals surface area contributed by atoms with Gasteiger partial charge in [0.05, 0.1) is 16.5 Å². The maximum atomic E-state index is 11.8. The molecule has 7 nitrogen and oxygen atoms in total. The van der Waals surface area contributed by atoms with Gasteiger partial charge in [-0.25, -0.2) is 4.79 Å². The second kappa shape index (κ2) is 6.02. The summed E-state index contributed by atoms with van der Waals surface area (Å²) in [6.45, 7) is -0.683. The minimum atomic E-state index is -1.34. The molecule has 2 rings (SSSR count). The first kappa shape index (κ1) is 14.5. The van der Waals surface area contributed by atoms with Gasteiger partial charge in [-0.1, -0.05) is 0 Å². The minimum absolute atomic E-state index is 0.0578. The summed E-state index contributed by atoms with van der Waals surface area (Å²) in [6.07, 6.45) is 1.78. The van der Waals surface area contributed by atoms with E-state index in [0.29, 0.717) is 5.00 Å². The number of amides is 2. The van der Waals surface area contributed by atoms with Crippen LogP contribution < -0.4 is 10.6 Å². The Morgan fingerprint density at radius 3 is 2.60 bits per heavy atom. The lowest BCUT2D eigenvalue weighted by Crippen LogP contribution is -2.43. The number of aliphatic carboxylic acids is 1. The minimum Gasteiger partial charge on any atom is -0.480 e. The largest absolute Gasteiger partial charge is 0.480 e. The summed E-state index contributed by atoms with van der Waals surface area (Å²) in [5.74, 6) is -1.89. The highest BCUT2D eigenvalue weighted by molar-refractivity contribution is 7.18. The third-order valence-electron chi connectivity index (χ3n) is 2.81. The Balaban J connectivity index is 1.95. The van der Waals surface area contributed by atoms with Crippen LogP contribution in [0.15, 0.2) is 12.1 Å². The first-order valence-corrected chi connectivity index (χ1v) is 6.88. The van der Waals surface area contributed by atoms with Crippen LogP contribution in [0.25, 0.3) is 0 Å². The van der Waals surface area contributed by atoms with E-state index in [4.69, 9.17) is 10.2 Å². The highest BCUT2D eigenvalue weighted by Gasteiger charge is 2.30. The molecule has 1 aliphatic rings. The molecule has 1 aliphatic carbocycles. The molecule has 8 heteroatoms. The number of carbonyl (C=O) groups excluding carboxylic acids is 2. The number of carbonyl (C=O) groups is 3. The van der Waals surface area contributed by atoms with Crippen molar-refractivity contribution in [2.75, 3.05) is 11.9 Å². The molecule has 1 aromatic heterocycles. The number of rotatable bonds is 6. The van der Waals surface area contributed by atoms with E-state index in [1.807, 2.05) is 0 Å². The summed E-state index contributed by atoms with van der Waals surface area (Å²) in [5, 5.41) is 23.0. The molecule has 1 atom stereocenters. The molecular formula is C12H14N2O5S. The number of carboxylic acid groups (broad SMARTS) is 1. The lowest BCUT2D eigenvalue weighted by molar-refractivity contribution is -0.140. The van der Waals surface area contributed by atoms with Crippen molar-refractivity contribution in [2.24, 2.45) is 5.92 Å². The number of aliphatic hydroxyl groups is 1. The summed E-state index contributed by atoms with van der Waals surface area (Å²) in [4.78, 5) is 34.3. The van der Waals surface area contributed by atoms with E-state index < -0.39 is 24.5 Å². The van der Waals surface area contributed by atoms with Gasteiger partial charge in [-0.3, -0.25) is 9.59 Å². The van der Waals surface area contributed by atoms with Crippen molar-refractivity contribution < 1.29 is 24.6 Å². The average Bonchev–Trinajstić information content (AvgIpc) is 3.16.